The van der Waals surface area contributed by atoms with Gasteiger partial charge in [0.1, 0.15) is 0 Å². The molecule has 0 bridgehead atoms. The fraction of sp³-hybridized carbons (Fsp3) is 0.579. The molecule has 1 unspecified atom stereocenters. The molecule has 0 radical (unpaired) electrons. The summed E-state index contributed by atoms with van der Waals surface area (Å²) in [6.07, 6.45) is 11.7. The first-order chi connectivity index (χ1) is 10.3. The van der Waals surface area contributed by atoms with E-state index in [2.05, 4.69) is 36.6 Å². The molecule has 0 spiro atoms. The highest BCUT2D eigenvalue weighted by Crippen LogP contribution is 2.26. The van der Waals surface area contributed by atoms with Crippen molar-refractivity contribution in [3.8, 4) is 0 Å². The van der Waals surface area contributed by atoms with Crippen LogP contribution in [0.2, 0.25) is 0 Å². The molecule has 2 heteroatoms. The molecule has 0 saturated carbocycles. The van der Waals surface area contributed by atoms with Gasteiger partial charge in [-0.1, -0.05) is 70.1 Å². The molecule has 116 valence electrons. The van der Waals surface area contributed by atoms with E-state index in [0.29, 0.717) is 6.04 Å². The minimum atomic E-state index is 0.318. The molecule has 1 aromatic carbocycles. The van der Waals surface area contributed by atoms with Crippen molar-refractivity contribution in [3.63, 3.8) is 0 Å². The average Bonchev–Trinajstić information content (AvgIpc) is 2.90. The van der Waals surface area contributed by atoms with Crippen molar-refractivity contribution in [3.05, 3.63) is 35.2 Å². The topological polar surface area (TPSA) is 26.0 Å². The van der Waals surface area contributed by atoms with Gasteiger partial charge in [0, 0.05) is 10.7 Å². The number of rotatable bonds is 10. The molecule has 0 aliphatic carbocycles. The van der Waals surface area contributed by atoms with Crippen LogP contribution in [-0.2, 0) is 6.42 Å². The first-order valence-corrected chi connectivity index (χ1v) is 9.40. The van der Waals surface area contributed by atoms with Crippen LogP contribution >= 0.6 is 11.3 Å². The van der Waals surface area contributed by atoms with Crippen LogP contribution in [0.4, 0.5) is 0 Å². The van der Waals surface area contributed by atoms with Gasteiger partial charge >= 0.3 is 0 Å². The minimum Gasteiger partial charge on any atom is -0.327 e. The van der Waals surface area contributed by atoms with E-state index >= 15 is 0 Å². The fourth-order valence-corrected chi connectivity index (χ4v) is 3.91. The van der Waals surface area contributed by atoms with Crippen LogP contribution in [0, 0.1) is 0 Å². The maximum atomic E-state index is 6.32. The lowest BCUT2D eigenvalue weighted by Gasteiger charge is -2.11. The van der Waals surface area contributed by atoms with E-state index in [-0.39, 0.29) is 0 Å². The molecule has 1 aromatic heterocycles. The maximum Gasteiger partial charge on any atom is 0.0345 e. The highest BCUT2D eigenvalue weighted by molar-refractivity contribution is 7.17. The summed E-state index contributed by atoms with van der Waals surface area (Å²) in [5.41, 5.74) is 7.76. The van der Waals surface area contributed by atoms with Crippen LogP contribution < -0.4 is 5.73 Å². The molecule has 1 atom stereocenters. The van der Waals surface area contributed by atoms with Crippen molar-refractivity contribution >= 4 is 21.4 Å². The van der Waals surface area contributed by atoms with Crippen LogP contribution in [0.1, 0.15) is 63.9 Å². The zero-order valence-electron chi connectivity index (χ0n) is 13.3. The molecular formula is C19H29NS. The first kappa shape index (κ1) is 16.5. The van der Waals surface area contributed by atoms with Crippen LogP contribution in [0.25, 0.3) is 10.1 Å². The summed E-state index contributed by atoms with van der Waals surface area (Å²) in [5.74, 6) is 0. The zero-order chi connectivity index (χ0) is 14.9. The van der Waals surface area contributed by atoms with Crippen LogP contribution in [-0.4, -0.2) is 6.04 Å². The van der Waals surface area contributed by atoms with Gasteiger partial charge in [0.25, 0.3) is 0 Å². The van der Waals surface area contributed by atoms with Crippen LogP contribution in [0.15, 0.2) is 29.6 Å². The summed E-state index contributed by atoms with van der Waals surface area (Å²) >= 11 is 1.84. The smallest absolute Gasteiger partial charge is 0.0345 e. The highest BCUT2D eigenvalue weighted by Gasteiger charge is 2.08. The molecule has 0 aliphatic rings. The third-order valence-electron chi connectivity index (χ3n) is 4.22. The molecule has 2 N–H and O–H groups in total. The Bertz CT molecular complexity index is 517. The predicted octanol–water partition coefficient (Wildman–Crippen LogP) is 5.91. The van der Waals surface area contributed by atoms with Crippen LogP contribution in [0.3, 0.4) is 0 Å². The van der Waals surface area contributed by atoms with E-state index in [9.17, 15) is 0 Å². The number of hydrogen-bond donors (Lipinski definition) is 1. The molecule has 0 aliphatic heterocycles. The van der Waals surface area contributed by atoms with Crippen LogP contribution in [0.5, 0.6) is 0 Å². The van der Waals surface area contributed by atoms with Crippen molar-refractivity contribution < 1.29 is 0 Å². The second-order valence-electron chi connectivity index (χ2n) is 6.13. The van der Waals surface area contributed by atoms with Gasteiger partial charge in [-0.2, -0.15) is 0 Å². The Morgan fingerprint density at radius 1 is 1.00 bits per heavy atom. The summed E-state index contributed by atoms with van der Waals surface area (Å²) < 4.78 is 1.38. The molecule has 0 amide bonds. The monoisotopic (exact) mass is 303 g/mol. The standard InChI is InChI=1S/C19H29NS/c1-2-3-4-5-6-7-8-11-17(20)14-16-15-21-19-13-10-9-12-18(16)19/h9-10,12-13,15,17H,2-8,11,14,20H2,1H3. The Kier molecular flexibility index (Phi) is 7.25. The van der Waals surface area contributed by atoms with Gasteiger partial charge < -0.3 is 5.73 Å². The summed E-state index contributed by atoms with van der Waals surface area (Å²) in [6, 6.07) is 8.98. The number of hydrogen-bond acceptors (Lipinski definition) is 2. The minimum absolute atomic E-state index is 0.318. The predicted molar refractivity (Wildman–Crippen MR) is 96.1 cm³/mol. The Hall–Kier alpha value is -0.860. The average molecular weight is 304 g/mol. The fourth-order valence-electron chi connectivity index (χ4n) is 2.94. The van der Waals surface area contributed by atoms with Gasteiger partial charge in [-0.25, -0.2) is 0 Å². The normalized spacial score (nSPS) is 12.9. The van der Waals surface area contributed by atoms with E-state index in [0.717, 1.165) is 12.8 Å². The van der Waals surface area contributed by atoms with Crippen molar-refractivity contribution in [2.75, 3.05) is 0 Å². The van der Waals surface area contributed by atoms with E-state index in [4.69, 9.17) is 5.73 Å². The number of unbranched alkanes of at least 4 members (excludes halogenated alkanes) is 6. The number of nitrogens with two attached hydrogens (primary N) is 1. The maximum absolute atomic E-state index is 6.32. The summed E-state index contributed by atoms with van der Waals surface area (Å²) in [7, 11) is 0. The molecule has 21 heavy (non-hydrogen) atoms. The quantitative estimate of drug-likeness (QED) is 0.542. The first-order valence-electron chi connectivity index (χ1n) is 8.52. The van der Waals surface area contributed by atoms with Gasteiger partial charge in [-0.3, -0.25) is 0 Å². The van der Waals surface area contributed by atoms with E-state index in [1.54, 1.807) is 0 Å². The Labute approximate surface area is 133 Å². The highest BCUT2D eigenvalue weighted by atomic mass is 32.1. The van der Waals surface area contributed by atoms with E-state index in [1.165, 1.54) is 60.6 Å². The van der Waals surface area contributed by atoms with Gasteiger partial charge in [-0.15, -0.1) is 11.3 Å². The van der Waals surface area contributed by atoms with Gasteiger partial charge in [0.05, 0.1) is 0 Å². The van der Waals surface area contributed by atoms with Crippen molar-refractivity contribution in [2.24, 2.45) is 5.73 Å². The Balaban J connectivity index is 1.66. The lowest BCUT2D eigenvalue weighted by molar-refractivity contribution is 0.529. The Morgan fingerprint density at radius 2 is 1.71 bits per heavy atom. The van der Waals surface area contributed by atoms with Gasteiger partial charge in [0.15, 0.2) is 0 Å². The zero-order valence-corrected chi connectivity index (χ0v) is 14.1. The number of thiophene rings is 1. The lowest BCUT2D eigenvalue weighted by Crippen LogP contribution is -2.22. The van der Waals surface area contributed by atoms with Crippen molar-refractivity contribution in [1.82, 2.24) is 0 Å². The number of fused-ring (bicyclic) bond motifs is 1. The van der Waals surface area contributed by atoms with E-state index in [1.807, 2.05) is 11.3 Å². The molecule has 1 heterocycles. The van der Waals surface area contributed by atoms with E-state index < -0.39 is 0 Å². The number of benzene rings is 1. The molecule has 1 nitrogen and oxygen atoms in total. The van der Waals surface area contributed by atoms with Crippen molar-refractivity contribution in [2.45, 2.75) is 70.8 Å². The molecule has 2 aromatic rings. The molecular weight excluding hydrogens is 274 g/mol. The third-order valence-corrected chi connectivity index (χ3v) is 5.23. The second-order valence-corrected chi connectivity index (χ2v) is 7.04. The molecule has 0 saturated heterocycles. The second kappa shape index (κ2) is 9.22. The van der Waals surface area contributed by atoms with Gasteiger partial charge in [-0.05, 0) is 35.2 Å². The summed E-state index contributed by atoms with van der Waals surface area (Å²) in [4.78, 5) is 0. The Morgan fingerprint density at radius 3 is 2.52 bits per heavy atom. The largest absolute Gasteiger partial charge is 0.327 e. The molecule has 2 rings (SSSR count). The van der Waals surface area contributed by atoms with Crippen molar-refractivity contribution in [1.29, 1.82) is 0 Å². The SMILES string of the molecule is CCCCCCCCCC(N)Cc1csc2ccccc12. The third kappa shape index (κ3) is 5.44. The molecule has 0 fully saturated rings. The summed E-state index contributed by atoms with van der Waals surface area (Å²) in [6.45, 7) is 2.27. The van der Waals surface area contributed by atoms with Gasteiger partial charge in [0.2, 0.25) is 0 Å². The lowest BCUT2D eigenvalue weighted by atomic mass is 10.00. The summed E-state index contributed by atoms with van der Waals surface area (Å²) in [5, 5.41) is 3.69.